The molecule has 0 unspecified atom stereocenters. The number of nitrogens with one attached hydrogen (secondary N) is 2. The van der Waals surface area contributed by atoms with Gasteiger partial charge in [0.1, 0.15) is 0 Å². The van der Waals surface area contributed by atoms with Crippen LogP contribution in [-0.4, -0.2) is 42.0 Å². The summed E-state index contributed by atoms with van der Waals surface area (Å²) in [6, 6.07) is 8.08. The van der Waals surface area contributed by atoms with Crippen LogP contribution in [0.2, 0.25) is 0 Å². The fraction of sp³-hybridized carbons (Fsp3) is 0.579. The first-order chi connectivity index (χ1) is 12.0. The summed E-state index contributed by atoms with van der Waals surface area (Å²) in [4.78, 5) is 26.2. The maximum absolute atomic E-state index is 12.3. The Hall–Kier alpha value is -1.79. The molecule has 2 rings (SSSR count). The van der Waals surface area contributed by atoms with Gasteiger partial charge in [-0.25, -0.2) is 4.79 Å². The van der Waals surface area contributed by atoms with Gasteiger partial charge in [0.05, 0.1) is 5.54 Å². The summed E-state index contributed by atoms with van der Waals surface area (Å²) in [5.41, 5.74) is 7.97. The van der Waals surface area contributed by atoms with E-state index in [1.54, 1.807) is 4.90 Å². The van der Waals surface area contributed by atoms with Crippen molar-refractivity contribution in [2.75, 3.05) is 19.6 Å². The lowest BCUT2D eigenvalue weighted by Crippen LogP contribution is -2.53. The van der Waals surface area contributed by atoms with Gasteiger partial charge in [-0.05, 0) is 30.4 Å². The SMILES string of the molecule is CCC(CC)(CN)NC(=O)CCNC(=O)N1CCc2ccccc2C1.Cl. The Morgan fingerprint density at radius 3 is 2.46 bits per heavy atom. The zero-order valence-electron chi connectivity index (χ0n) is 15.7. The van der Waals surface area contributed by atoms with Crippen LogP contribution in [0.25, 0.3) is 0 Å². The van der Waals surface area contributed by atoms with Crippen LogP contribution in [0, 0.1) is 0 Å². The molecule has 26 heavy (non-hydrogen) atoms. The molecule has 1 aromatic carbocycles. The van der Waals surface area contributed by atoms with Gasteiger partial charge >= 0.3 is 6.03 Å². The number of rotatable bonds is 7. The number of benzene rings is 1. The number of urea groups is 1. The molecule has 1 aliphatic rings. The zero-order valence-corrected chi connectivity index (χ0v) is 16.5. The lowest BCUT2D eigenvalue weighted by atomic mass is 9.93. The number of hydrogen-bond donors (Lipinski definition) is 3. The van der Waals surface area contributed by atoms with Gasteiger partial charge < -0.3 is 21.3 Å². The van der Waals surface area contributed by atoms with E-state index >= 15 is 0 Å². The first kappa shape index (κ1) is 22.3. The number of fused-ring (bicyclic) bond motifs is 1. The van der Waals surface area contributed by atoms with Crippen LogP contribution in [0.4, 0.5) is 4.79 Å². The molecule has 0 fully saturated rings. The molecular formula is C19H31ClN4O2. The van der Waals surface area contributed by atoms with Crippen LogP contribution >= 0.6 is 12.4 Å². The van der Waals surface area contributed by atoms with E-state index in [1.807, 2.05) is 26.0 Å². The van der Waals surface area contributed by atoms with Gasteiger partial charge in [0.2, 0.25) is 5.91 Å². The van der Waals surface area contributed by atoms with Crippen LogP contribution in [-0.2, 0) is 17.8 Å². The van der Waals surface area contributed by atoms with Gasteiger partial charge in [-0.2, -0.15) is 0 Å². The number of carbonyl (C=O) groups is 2. The van der Waals surface area contributed by atoms with E-state index in [0.717, 1.165) is 19.3 Å². The van der Waals surface area contributed by atoms with Crippen LogP contribution in [0.1, 0.15) is 44.2 Å². The first-order valence-electron chi connectivity index (χ1n) is 9.14. The Balaban J connectivity index is 0.00000338. The third-order valence-corrected chi connectivity index (χ3v) is 5.20. The molecule has 7 heteroatoms. The Bertz CT molecular complexity index is 597. The summed E-state index contributed by atoms with van der Waals surface area (Å²) in [6.45, 7) is 6.12. The van der Waals surface area contributed by atoms with Crippen molar-refractivity contribution in [3.8, 4) is 0 Å². The number of carbonyl (C=O) groups excluding carboxylic acids is 2. The molecule has 1 heterocycles. The highest BCUT2D eigenvalue weighted by molar-refractivity contribution is 5.85. The summed E-state index contributed by atoms with van der Waals surface area (Å²) in [7, 11) is 0. The van der Waals surface area contributed by atoms with Crippen molar-refractivity contribution >= 4 is 24.3 Å². The van der Waals surface area contributed by atoms with E-state index in [0.29, 0.717) is 26.2 Å². The van der Waals surface area contributed by atoms with E-state index in [9.17, 15) is 9.59 Å². The molecular weight excluding hydrogens is 352 g/mol. The van der Waals surface area contributed by atoms with Gasteiger partial charge in [-0.3, -0.25) is 4.79 Å². The second kappa shape index (κ2) is 10.4. The smallest absolute Gasteiger partial charge is 0.317 e. The van der Waals surface area contributed by atoms with E-state index < -0.39 is 0 Å². The molecule has 0 atom stereocenters. The number of amides is 3. The number of nitrogens with two attached hydrogens (primary N) is 1. The zero-order chi connectivity index (χ0) is 18.3. The summed E-state index contributed by atoms with van der Waals surface area (Å²) in [5, 5.41) is 5.87. The number of nitrogens with zero attached hydrogens (tertiary/aromatic N) is 1. The summed E-state index contributed by atoms with van der Waals surface area (Å²) >= 11 is 0. The fourth-order valence-electron chi connectivity index (χ4n) is 3.19. The fourth-order valence-corrected chi connectivity index (χ4v) is 3.19. The van der Waals surface area contributed by atoms with Crippen molar-refractivity contribution in [1.82, 2.24) is 15.5 Å². The molecule has 0 aliphatic carbocycles. The third-order valence-electron chi connectivity index (χ3n) is 5.20. The molecule has 1 aromatic rings. The summed E-state index contributed by atoms with van der Waals surface area (Å²) < 4.78 is 0. The average molecular weight is 383 g/mol. The molecule has 0 radical (unpaired) electrons. The highest BCUT2D eigenvalue weighted by Crippen LogP contribution is 2.18. The summed E-state index contributed by atoms with van der Waals surface area (Å²) in [6.07, 6.45) is 2.73. The van der Waals surface area contributed by atoms with E-state index in [1.165, 1.54) is 11.1 Å². The van der Waals surface area contributed by atoms with Crippen molar-refractivity contribution in [2.24, 2.45) is 5.73 Å². The minimum atomic E-state index is -0.336. The van der Waals surface area contributed by atoms with Gasteiger partial charge in [-0.1, -0.05) is 38.1 Å². The molecule has 0 spiro atoms. The van der Waals surface area contributed by atoms with Crippen molar-refractivity contribution in [2.45, 2.75) is 51.6 Å². The van der Waals surface area contributed by atoms with E-state index in [2.05, 4.69) is 22.8 Å². The van der Waals surface area contributed by atoms with E-state index in [4.69, 9.17) is 5.73 Å². The largest absolute Gasteiger partial charge is 0.349 e. The Kier molecular flexibility index (Phi) is 8.88. The molecule has 0 bridgehead atoms. The molecule has 146 valence electrons. The van der Waals surface area contributed by atoms with E-state index in [-0.39, 0.29) is 36.3 Å². The minimum Gasteiger partial charge on any atom is -0.349 e. The Labute approximate surface area is 162 Å². The van der Waals surface area contributed by atoms with Gasteiger partial charge in [0.25, 0.3) is 0 Å². The van der Waals surface area contributed by atoms with Gasteiger partial charge in [0, 0.05) is 32.6 Å². The molecule has 3 amide bonds. The molecule has 4 N–H and O–H groups in total. The summed E-state index contributed by atoms with van der Waals surface area (Å²) in [5.74, 6) is -0.0709. The quantitative estimate of drug-likeness (QED) is 0.675. The molecule has 0 saturated heterocycles. The Morgan fingerprint density at radius 2 is 1.85 bits per heavy atom. The molecule has 0 saturated carbocycles. The number of halogens is 1. The molecule has 1 aliphatic heterocycles. The lowest BCUT2D eigenvalue weighted by Gasteiger charge is -2.31. The third kappa shape index (κ3) is 5.61. The van der Waals surface area contributed by atoms with Crippen molar-refractivity contribution < 1.29 is 9.59 Å². The van der Waals surface area contributed by atoms with Crippen LogP contribution in [0.5, 0.6) is 0 Å². The van der Waals surface area contributed by atoms with Crippen molar-refractivity contribution in [3.63, 3.8) is 0 Å². The van der Waals surface area contributed by atoms with Crippen molar-refractivity contribution in [3.05, 3.63) is 35.4 Å². The normalized spacial score (nSPS) is 13.4. The van der Waals surface area contributed by atoms with Crippen LogP contribution in [0.3, 0.4) is 0 Å². The average Bonchev–Trinajstić information content (AvgIpc) is 2.65. The molecule has 0 aromatic heterocycles. The topological polar surface area (TPSA) is 87.5 Å². The highest BCUT2D eigenvalue weighted by atomic mass is 35.5. The maximum atomic E-state index is 12.3. The predicted molar refractivity (Wildman–Crippen MR) is 106 cm³/mol. The van der Waals surface area contributed by atoms with Crippen LogP contribution in [0.15, 0.2) is 24.3 Å². The lowest BCUT2D eigenvalue weighted by molar-refractivity contribution is -0.122. The van der Waals surface area contributed by atoms with Crippen molar-refractivity contribution in [1.29, 1.82) is 0 Å². The van der Waals surface area contributed by atoms with Crippen LogP contribution < -0.4 is 16.4 Å². The van der Waals surface area contributed by atoms with Gasteiger partial charge in [0.15, 0.2) is 0 Å². The monoisotopic (exact) mass is 382 g/mol. The standard InChI is InChI=1S/C19H30N4O2.ClH/c1-3-19(4-2,14-20)22-17(24)9-11-21-18(25)23-12-10-15-7-5-6-8-16(15)13-23;/h5-8H,3-4,9-14,20H2,1-2H3,(H,21,25)(H,22,24);1H. The highest BCUT2D eigenvalue weighted by Gasteiger charge is 2.26. The molecule has 6 nitrogen and oxygen atoms in total. The maximum Gasteiger partial charge on any atom is 0.317 e. The van der Waals surface area contributed by atoms with Gasteiger partial charge in [-0.15, -0.1) is 12.4 Å². The first-order valence-corrected chi connectivity index (χ1v) is 9.14. The second-order valence-electron chi connectivity index (χ2n) is 6.66. The predicted octanol–water partition coefficient (Wildman–Crippen LogP) is 2.20. The number of hydrogen-bond acceptors (Lipinski definition) is 3. The minimum absolute atomic E-state index is 0. The second-order valence-corrected chi connectivity index (χ2v) is 6.66. The Morgan fingerprint density at radius 1 is 1.19 bits per heavy atom.